The zero-order valence-corrected chi connectivity index (χ0v) is 25.4. The molecule has 0 aliphatic rings. The molecule has 0 saturated carbocycles. The summed E-state index contributed by atoms with van der Waals surface area (Å²) in [5, 5.41) is 0. The Balaban J connectivity index is -0.0000000267. The predicted molar refractivity (Wildman–Crippen MR) is 29.2 cm³/mol. The molecule has 0 spiro atoms. The van der Waals surface area contributed by atoms with Gasteiger partial charge in [-0.25, -0.2) is 5.56 Å². The zero-order chi connectivity index (χ0) is 5.98. The van der Waals surface area contributed by atoms with E-state index in [9.17, 15) is 0 Å². The second kappa shape index (κ2) is 23.8. The van der Waals surface area contributed by atoms with E-state index in [2.05, 4.69) is 22.5 Å². The van der Waals surface area contributed by atoms with Gasteiger partial charge >= 0.3 is 0 Å². The molecular formula is C6H6N2Y6-2. The van der Waals surface area contributed by atoms with Gasteiger partial charge in [0.2, 0.25) is 0 Å². The normalized spacial score (nSPS) is 5.29. The minimum Gasteiger partial charge on any atom is -0.524 e. The molecule has 8 heteroatoms. The third-order valence-corrected chi connectivity index (χ3v) is 1.03. The molecule has 0 atom stereocenters. The minimum atomic E-state index is 0. The standard InChI is InChI=1S/C6H6N2.6Y/c1-5-3-7-4-8-6(5)2;;;;;;/h1-2H3;;;;;;/q-2;;;;;;. The number of hydrogen-bond acceptors (Lipinski definition) is 2. The van der Waals surface area contributed by atoms with Crippen LogP contribution in [0.3, 0.4) is 0 Å². The molecular weight excluding hydrogens is 634 g/mol. The van der Waals surface area contributed by atoms with E-state index in [1.165, 1.54) is 0 Å². The van der Waals surface area contributed by atoms with E-state index in [-0.39, 0.29) is 196 Å². The molecule has 1 aromatic rings. The third-order valence-electron chi connectivity index (χ3n) is 1.03. The molecule has 0 bridgehead atoms. The van der Waals surface area contributed by atoms with Crippen molar-refractivity contribution in [2.75, 3.05) is 0 Å². The van der Waals surface area contributed by atoms with Gasteiger partial charge in [-0.05, 0) is 0 Å². The fourth-order valence-corrected chi connectivity index (χ4v) is 0.374. The Bertz CT molecular complexity index is 176. The van der Waals surface area contributed by atoms with Crippen molar-refractivity contribution in [2.45, 2.75) is 13.8 Å². The monoisotopic (exact) mass is 639 g/mol. The fourth-order valence-electron chi connectivity index (χ4n) is 0.374. The average molecular weight is 640 g/mol. The van der Waals surface area contributed by atoms with Crippen molar-refractivity contribution >= 4 is 0 Å². The van der Waals surface area contributed by atoms with Crippen LogP contribution < -0.4 is 0 Å². The molecule has 0 aliphatic carbocycles. The molecule has 0 aromatic carbocycles. The molecule has 1 rings (SSSR count). The van der Waals surface area contributed by atoms with Crippen molar-refractivity contribution in [3.05, 3.63) is 23.8 Å². The summed E-state index contributed by atoms with van der Waals surface area (Å²) >= 11 is 0. The van der Waals surface area contributed by atoms with Crippen LogP contribution in [0.5, 0.6) is 0 Å². The molecule has 0 fully saturated rings. The van der Waals surface area contributed by atoms with Crippen LogP contribution in [0.15, 0.2) is 0 Å². The molecule has 60 valence electrons. The molecule has 2 nitrogen and oxygen atoms in total. The maximum Gasteiger partial charge on any atom is 0 e. The number of nitrogens with zero attached hydrogens (tertiary/aromatic N) is 2. The van der Waals surface area contributed by atoms with E-state index in [4.69, 9.17) is 0 Å². The van der Waals surface area contributed by atoms with Gasteiger partial charge in [0.25, 0.3) is 0 Å². The van der Waals surface area contributed by atoms with Crippen LogP contribution in [-0.4, -0.2) is 9.97 Å². The maximum absolute atomic E-state index is 3.81. The van der Waals surface area contributed by atoms with Gasteiger partial charge in [0.15, 0.2) is 0 Å². The number of hydrogen-bond donors (Lipinski definition) is 0. The van der Waals surface area contributed by atoms with E-state index in [1.54, 1.807) is 0 Å². The van der Waals surface area contributed by atoms with Gasteiger partial charge in [-0.1, -0.05) is 6.92 Å². The number of aryl methyl sites for hydroxylation is 2. The fraction of sp³-hybridized carbons (Fsp3) is 0.333. The Morgan fingerprint density at radius 1 is 0.857 bits per heavy atom. The first kappa shape index (κ1) is 36.7. The summed E-state index contributed by atoms with van der Waals surface area (Å²) < 4.78 is 0. The van der Waals surface area contributed by atoms with Crippen LogP contribution in [-0.2, 0) is 196 Å². The van der Waals surface area contributed by atoms with Gasteiger partial charge in [0, 0.05) is 196 Å². The smallest absolute Gasteiger partial charge is 0 e. The molecule has 1 aromatic heterocycles. The molecule has 0 aliphatic heterocycles. The molecule has 0 N–H and O–H groups in total. The van der Waals surface area contributed by atoms with Gasteiger partial charge in [0.05, 0.1) is 0 Å². The minimum absolute atomic E-state index is 0. The number of aromatic nitrogens is 2. The summed E-state index contributed by atoms with van der Waals surface area (Å²) in [6.45, 7) is 3.83. The first-order valence-electron chi connectivity index (χ1n) is 2.39. The quantitative estimate of drug-likeness (QED) is 0.391. The largest absolute Gasteiger partial charge is 0.524 e. The molecule has 6 radical (unpaired) electrons. The van der Waals surface area contributed by atoms with Crippen molar-refractivity contribution in [3.8, 4) is 0 Å². The van der Waals surface area contributed by atoms with Crippen LogP contribution in [0, 0.1) is 26.4 Å². The van der Waals surface area contributed by atoms with Crippen LogP contribution in [0.2, 0.25) is 0 Å². The van der Waals surface area contributed by atoms with Gasteiger partial charge in [0.1, 0.15) is 0 Å². The Morgan fingerprint density at radius 2 is 1.29 bits per heavy atom. The maximum atomic E-state index is 3.81. The summed E-state index contributed by atoms with van der Waals surface area (Å²) in [6, 6.07) is 0. The molecule has 0 amide bonds. The summed E-state index contributed by atoms with van der Waals surface area (Å²) in [6.07, 6.45) is 5.18. The first-order valence-corrected chi connectivity index (χ1v) is 2.39. The van der Waals surface area contributed by atoms with Crippen LogP contribution in [0.4, 0.5) is 0 Å². The van der Waals surface area contributed by atoms with E-state index in [0.29, 0.717) is 0 Å². The van der Waals surface area contributed by atoms with E-state index >= 15 is 0 Å². The SMILES string of the molecule is Cc1[c-]n[c-]nc1C.[Y].[Y].[Y].[Y].[Y].[Y]. The second-order valence-electron chi connectivity index (χ2n) is 1.65. The van der Waals surface area contributed by atoms with Crippen molar-refractivity contribution < 1.29 is 196 Å². The molecule has 1 heterocycles. The van der Waals surface area contributed by atoms with Gasteiger partial charge in [-0.2, -0.15) is 12.0 Å². The molecule has 14 heavy (non-hydrogen) atoms. The van der Waals surface area contributed by atoms with Gasteiger partial charge in [-0.15, -0.1) is 6.92 Å². The van der Waals surface area contributed by atoms with Crippen molar-refractivity contribution in [1.82, 2.24) is 9.97 Å². The summed E-state index contributed by atoms with van der Waals surface area (Å²) in [7, 11) is 0. The topological polar surface area (TPSA) is 25.8 Å². The molecule has 0 saturated heterocycles. The van der Waals surface area contributed by atoms with E-state index < -0.39 is 0 Å². The van der Waals surface area contributed by atoms with Crippen molar-refractivity contribution in [3.63, 3.8) is 0 Å². The first-order chi connectivity index (χ1) is 3.80. The summed E-state index contributed by atoms with van der Waals surface area (Å²) in [4.78, 5) is 7.40. The third kappa shape index (κ3) is 17.7. The number of rotatable bonds is 0. The zero-order valence-electron chi connectivity index (χ0n) is 8.36. The second-order valence-corrected chi connectivity index (χ2v) is 1.65. The Labute approximate surface area is 237 Å². The summed E-state index contributed by atoms with van der Waals surface area (Å²) in [5.41, 5.74) is 1.93. The van der Waals surface area contributed by atoms with E-state index in [1.807, 2.05) is 13.8 Å². The summed E-state index contributed by atoms with van der Waals surface area (Å²) in [5.74, 6) is 0. The predicted octanol–water partition coefficient (Wildman–Crippen LogP) is 0.679. The van der Waals surface area contributed by atoms with Gasteiger partial charge < -0.3 is 9.97 Å². The molecule has 0 unspecified atom stereocenters. The van der Waals surface area contributed by atoms with Crippen molar-refractivity contribution in [1.29, 1.82) is 0 Å². The van der Waals surface area contributed by atoms with Gasteiger partial charge in [-0.3, -0.25) is 6.20 Å². The Morgan fingerprint density at radius 3 is 1.50 bits per heavy atom. The van der Waals surface area contributed by atoms with E-state index in [0.717, 1.165) is 11.3 Å². The Kier molecular flexibility index (Phi) is 62.3. The average Bonchev–Trinajstić information content (AvgIpc) is 1.77. The van der Waals surface area contributed by atoms with Crippen LogP contribution in [0.25, 0.3) is 0 Å². The van der Waals surface area contributed by atoms with Crippen LogP contribution >= 0.6 is 0 Å². The Hall–Kier alpha value is 5.70. The van der Waals surface area contributed by atoms with Crippen molar-refractivity contribution in [2.24, 2.45) is 0 Å². The van der Waals surface area contributed by atoms with Crippen LogP contribution in [0.1, 0.15) is 11.3 Å².